The van der Waals surface area contributed by atoms with Crippen LogP contribution in [0.4, 0.5) is 0 Å². The molecule has 6 nitrogen and oxygen atoms in total. The summed E-state index contributed by atoms with van der Waals surface area (Å²) >= 11 is 0. The summed E-state index contributed by atoms with van der Waals surface area (Å²) in [6.45, 7) is 0. The molecule has 2 rings (SSSR count). The van der Waals surface area contributed by atoms with Crippen LogP contribution in [-0.4, -0.2) is 27.1 Å². The van der Waals surface area contributed by atoms with Crippen LogP contribution >= 0.6 is 0 Å². The number of aromatic nitrogens is 1. The van der Waals surface area contributed by atoms with Crippen molar-refractivity contribution in [2.45, 2.75) is 0 Å². The molecule has 98 valence electrons. The molecule has 0 radical (unpaired) electrons. The molecule has 0 spiro atoms. The predicted octanol–water partition coefficient (Wildman–Crippen LogP) is 1.24. The lowest BCUT2D eigenvalue weighted by Crippen LogP contribution is -2.03. The number of aliphatic carboxylic acids is 2. The second-order valence-electron chi connectivity index (χ2n) is 3.40. The van der Waals surface area contributed by atoms with Crippen molar-refractivity contribution in [3.8, 4) is 0 Å². The van der Waals surface area contributed by atoms with Gasteiger partial charge in [-0.05, 0) is 17.5 Å². The minimum atomic E-state index is -1.26. The van der Waals surface area contributed by atoms with Crippen LogP contribution in [-0.2, 0) is 9.59 Å². The quantitative estimate of drug-likeness (QED) is 0.705. The third kappa shape index (κ3) is 4.86. The summed E-state index contributed by atoms with van der Waals surface area (Å²) in [5.74, 6) is -2.51. The van der Waals surface area contributed by atoms with Gasteiger partial charge in [-0.2, -0.15) is 0 Å². The predicted molar refractivity (Wildman–Crippen MR) is 69.0 cm³/mol. The molecule has 0 saturated heterocycles. The van der Waals surface area contributed by atoms with E-state index in [1.54, 1.807) is 6.20 Å². The molecule has 0 fully saturated rings. The molecule has 19 heavy (non-hydrogen) atoms. The third-order valence-corrected chi connectivity index (χ3v) is 2.05. The lowest BCUT2D eigenvalue weighted by Gasteiger charge is -1.92. The van der Waals surface area contributed by atoms with Gasteiger partial charge >= 0.3 is 11.9 Å². The number of carboxylic acids is 2. The van der Waals surface area contributed by atoms with Crippen LogP contribution in [0.1, 0.15) is 0 Å². The monoisotopic (exact) mass is 261 g/mol. The van der Waals surface area contributed by atoms with E-state index in [1.807, 2.05) is 30.3 Å². The van der Waals surface area contributed by atoms with Crippen LogP contribution in [0.2, 0.25) is 0 Å². The Morgan fingerprint density at radius 2 is 1.58 bits per heavy atom. The second kappa shape index (κ2) is 6.75. The van der Waals surface area contributed by atoms with Crippen molar-refractivity contribution in [1.29, 1.82) is 0 Å². The van der Waals surface area contributed by atoms with Gasteiger partial charge in [0, 0.05) is 23.7 Å². The molecule has 1 aromatic heterocycles. The maximum absolute atomic E-state index is 11.1. The summed E-state index contributed by atoms with van der Waals surface area (Å²) < 4.78 is 0. The Bertz CT molecular complexity index is 651. The summed E-state index contributed by atoms with van der Waals surface area (Å²) in [6.07, 6.45) is 2.77. The summed E-state index contributed by atoms with van der Waals surface area (Å²) in [4.78, 5) is 32.8. The lowest BCUT2D eigenvalue weighted by molar-refractivity contribution is -0.134. The number of aromatic amines is 1. The molecule has 6 heteroatoms. The maximum Gasteiger partial charge on any atom is 0.328 e. The Balaban J connectivity index is 0.000000203. The van der Waals surface area contributed by atoms with Gasteiger partial charge in [0.25, 0.3) is 5.56 Å². The van der Waals surface area contributed by atoms with E-state index in [1.165, 1.54) is 0 Å². The van der Waals surface area contributed by atoms with E-state index in [-0.39, 0.29) is 5.56 Å². The topological polar surface area (TPSA) is 107 Å². The average molecular weight is 261 g/mol. The molecule has 1 aromatic carbocycles. The lowest BCUT2D eigenvalue weighted by atomic mass is 10.2. The van der Waals surface area contributed by atoms with Crippen LogP contribution in [0.15, 0.2) is 53.5 Å². The molecular formula is C13H11NO5. The van der Waals surface area contributed by atoms with Crippen molar-refractivity contribution < 1.29 is 19.8 Å². The Kier molecular flexibility index (Phi) is 5.04. The zero-order valence-electron chi connectivity index (χ0n) is 9.74. The Morgan fingerprint density at radius 1 is 1.00 bits per heavy atom. The van der Waals surface area contributed by atoms with Gasteiger partial charge in [-0.3, -0.25) is 4.79 Å². The van der Waals surface area contributed by atoms with Gasteiger partial charge in [-0.1, -0.05) is 18.2 Å². The summed E-state index contributed by atoms with van der Waals surface area (Å²) in [6, 6.07) is 9.40. The van der Waals surface area contributed by atoms with E-state index in [9.17, 15) is 14.4 Å². The van der Waals surface area contributed by atoms with Crippen LogP contribution in [0.3, 0.4) is 0 Å². The number of carboxylic acid groups (broad SMARTS) is 2. The molecule has 0 aliphatic carbocycles. The van der Waals surface area contributed by atoms with Crippen molar-refractivity contribution in [1.82, 2.24) is 4.98 Å². The van der Waals surface area contributed by atoms with E-state index in [0.717, 1.165) is 10.8 Å². The van der Waals surface area contributed by atoms with Gasteiger partial charge in [0.1, 0.15) is 0 Å². The standard InChI is InChI=1S/C9H7NO.C4H4O4/c11-9-8-4-2-1-3-7(8)5-6-10-9;5-3(6)1-2-4(7)8/h1-6H,(H,10,11);1-2H,(H,5,6)(H,7,8)/b;2-1+. The summed E-state index contributed by atoms with van der Waals surface area (Å²) in [5, 5.41) is 17.4. The first-order chi connectivity index (χ1) is 9.00. The highest BCUT2D eigenvalue weighted by Crippen LogP contribution is 2.05. The Morgan fingerprint density at radius 3 is 2.11 bits per heavy atom. The van der Waals surface area contributed by atoms with E-state index >= 15 is 0 Å². The third-order valence-electron chi connectivity index (χ3n) is 2.05. The van der Waals surface area contributed by atoms with Gasteiger partial charge in [-0.25, -0.2) is 9.59 Å². The normalized spacial score (nSPS) is 9.89. The first-order valence-electron chi connectivity index (χ1n) is 5.21. The van der Waals surface area contributed by atoms with E-state index < -0.39 is 11.9 Å². The molecule has 0 saturated carbocycles. The zero-order chi connectivity index (χ0) is 14.3. The highest BCUT2D eigenvalue weighted by Gasteiger charge is 1.92. The van der Waals surface area contributed by atoms with Crippen LogP contribution < -0.4 is 5.56 Å². The number of benzene rings is 1. The van der Waals surface area contributed by atoms with Crippen molar-refractivity contribution >= 4 is 22.7 Å². The highest BCUT2D eigenvalue weighted by molar-refractivity contribution is 5.89. The largest absolute Gasteiger partial charge is 0.478 e. The van der Waals surface area contributed by atoms with Gasteiger partial charge in [0.05, 0.1) is 0 Å². The number of rotatable bonds is 2. The number of H-pyrrole nitrogens is 1. The minimum absolute atomic E-state index is 0.0249. The van der Waals surface area contributed by atoms with Crippen LogP contribution in [0, 0.1) is 0 Å². The van der Waals surface area contributed by atoms with Crippen molar-refractivity contribution in [2.75, 3.05) is 0 Å². The summed E-state index contributed by atoms with van der Waals surface area (Å²) in [7, 11) is 0. The average Bonchev–Trinajstić information content (AvgIpc) is 2.38. The SMILES string of the molecule is O=C(O)/C=C/C(=O)O.O=c1[nH]ccc2ccccc12. The molecule has 0 aliphatic heterocycles. The molecule has 0 unspecified atom stereocenters. The van der Waals surface area contributed by atoms with Crippen LogP contribution in [0.5, 0.6) is 0 Å². The fraction of sp³-hybridized carbons (Fsp3) is 0. The first-order valence-corrected chi connectivity index (χ1v) is 5.21. The smallest absolute Gasteiger partial charge is 0.328 e. The Labute approximate surface area is 107 Å². The first kappa shape index (κ1) is 14.2. The van der Waals surface area contributed by atoms with Gasteiger partial charge < -0.3 is 15.2 Å². The molecule has 0 bridgehead atoms. The van der Waals surface area contributed by atoms with Gasteiger partial charge in [0.15, 0.2) is 0 Å². The van der Waals surface area contributed by atoms with Gasteiger partial charge in [-0.15, -0.1) is 0 Å². The fourth-order valence-corrected chi connectivity index (χ4v) is 1.28. The van der Waals surface area contributed by atoms with Crippen molar-refractivity contribution in [3.63, 3.8) is 0 Å². The molecule has 1 heterocycles. The molecular weight excluding hydrogens is 250 g/mol. The number of hydrogen-bond donors (Lipinski definition) is 3. The molecule has 2 aromatic rings. The molecule has 0 amide bonds. The molecule has 0 atom stereocenters. The van der Waals surface area contributed by atoms with Crippen molar-refractivity contribution in [3.05, 3.63) is 59.0 Å². The maximum atomic E-state index is 11.1. The molecule has 0 aliphatic rings. The van der Waals surface area contributed by atoms with Crippen molar-refractivity contribution in [2.24, 2.45) is 0 Å². The minimum Gasteiger partial charge on any atom is -0.478 e. The van der Waals surface area contributed by atoms with E-state index in [4.69, 9.17) is 10.2 Å². The summed E-state index contributed by atoms with van der Waals surface area (Å²) in [5.41, 5.74) is -0.0249. The molecule has 3 N–H and O–H groups in total. The number of nitrogens with one attached hydrogen (secondary N) is 1. The number of fused-ring (bicyclic) bond motifs is 1. The van der Waals surface area contributed by atoms with E-state index in [0.29, 0.717) is 12.2 Å². The number of carbonyl (C=O) groups is 2. The number of hydrogen-bond acceptors (Lipinski definition) is 3. The Hall–Kier alpha value is -2.89. The second-order valence-corrected chi connectivity index (χ2v) is 3.40. The van der Waals surface area contributed by atoms with Crippen LogP contribution in [0.25, 0.3) is 10.8 Å². The zero-order valence-corrected chi connectivity index (χ0v) is 9.74. The van der Waals surface area contributed by atoms with Gasteiger partial charge in [0.2, 0.25) is 0 Å². The highest BCUT2D eigenvalue weighted by atomic mass is 16.4. The van der Waals surface area contributed by atoms with E-state index in [2.05, 4.69) is 4.98 Å². The number of pyridine rings is 1. The fourth-order valence-electron chi connectivity index (χ4n) is 1.28.